The van der Waals surface area contributed by atoms with Gasteiger partial charge in [0, 0.05) is 12.8 Å². The third-order valence-electron chi connectivity index (χ3n) is 13.9. The Labute approximate surface area is 424 Å². The molecule has 0 fully saturated rings. The van der Waals surface area contributed by atoms with Crippen molar-refractivity contribution in [3.8, 4) is 0 Å². The maximum absolute atomic E-state index is 12.4. The Morgan fingerprint density at radius 1 is 0.412 bits per heavy atom. The predicted octanol–water partition coefficient (Wildman–Crippen LogP) is 18.8. The molecule has 6 heteroatoms. The van der Waals surface area contributed by atoms with Gasteiger partial charge in [0.25, 0.3) is 0 Å². The standard InChI is InChI=1S/C62H117NO5/c1-3-5-7-9-11-13-15-16-17-29-32-36-40-44-48-52-56-62(67)68-57-53-49-45-41-37-33-30-27-25-23-21-19-18-20-22-24-26-28-31-35-39-43-47-51-55-61(66)63-59(58-64)60(65)54-50-46-42-38-34-14-12-10-8-6-4-2/h13,15,17,20,22,29,59-60,64-65H,3-12,14,16,18-19,21,23-28,30-58H2,1-2H3,(H,63,66)/b15-13-,22-20-,29-17-. The van der Waals surface area contributed by atoms with Crippen molar-refractivity contribution >= 4 is 11.9 Å². The molecular weight excluding hydrogens is 839 g/mol. The second-order valence-corrected chi connectivity index (χ2v) is 20.7. The fraction of sp³-hybridized carbons (Fsp3) is 0.871. The van der Waals surface area contributed by atoms with E-state index >= 15 is 0 Å². The van der Waals surface area contributed by atoms with Crippen LogP contribution in [-0.4, -0.2) is 47.4 Å². The van der Waals surface area contributed by atoms with E-state index < -0.39 is 12.1 Å². The van der Waals surface area contributed by atoms with Gasteiger partial charge in [-0.05, 0) is 83.5 Å². The number of unbranched alkanes of at least 4 members (excludes halogenated alkanes) is 39. The van der Waals surface area contributed by atoms with Crippen LogP contribution in [0, 0.1) is 0 Å². The molecule has 0 saturated heterocycles. The molecule has 0 bridgehead atoms. The van der Waals surface area contributed by atoms with Gasteiger partial charge in [-0.25, -0.2) is 0 Å². The van der Waals surface area contributed by atoms with Crippen LogP contribution >= 0.6 is 0 Å². The summed E-state index contributed by atoms with van der Waals surface area (Å²) in [5, 5.41) is 23.2. The maximum atomic E-state index is 12.4. The van der Waals surface area contributed by atoms with E-state index in [4.69, 9.17) is 4.74 Å². The first-order chi connectivity index (χ1) is 33.5. The number of carbonyl (C=O) groups excluding carboxylic acids is 2. The summed E-state index contributed by atoms with van der Waals surface area (Å²) in [6.07, 6.45) is 71.5. The number of nitrogens with one attached hydrogen (secondary N) is 1. The number of rotatable bonds is 56. The molecule has 0 aromatic heterocycles. The molecular formula is C62H117NO5. The summed E-state index contributed by atoms with van der Waals surface area (Å²) in [5.41, 5.74) is 0. The zero-order valence-electron chi connectivity index (χ0n) is 45.6. The molecule has 0 aromatic carbocycles. The molecule has 68 heavy (non-hydrogen) atoms. The summed E-state index contributed by atoms with van der Waals surface area (Å²) in [6.45, 7) is 4.92. The van der Waals surface area contributed by atoms with Crippen LogP contribution in [0.1, 0.15) is 322 Å². The highest BCUT2D eigenvalue weighted by molar-refractivity contribution is 5.76. The van der Waals surface area contributed by atoms with E-state index in [1.165, 1.54) is 238 Å². The average Bonchev–Trinajstić information content (AvgIpc) is 3.34. The van der Waals surface area contributed by atoms with Crippen molar-refractivity contribution in [3.63, 3.8) is 0 Å². The zero-order valence-corrected chi connectivity index (χ0v) is 45.6. The summed E-state index contributed by atoms with van der Waals surface area (Å²) in [7, 11) is 0. The van der Waals surface area contributed by atoms with Crippen molar-refractivity contribution in [1.29, 1.82) is 0 Å². The predicted molar refractivity (Wildman–Crippen MR) is 296 cm³/mol. The molecule has 3 N–H and O–H groups in total. The molecule has 1 amide bonds. The topological polar surface area (TPSA) is 95.9 Å². The van der Waals surface area contributed by atoms with E-state index in [-0.39, 0.29) is 18.5 Å². The fourth-order valence-corrected chi connectivity index (χ4v) is 9.25. The van der Waals surface area contributed by atoms with Crippen molar-refractivity contribution in [2.75, 3.05) is 13.2 Å². The molecule has 6 nitrogen and oxygen atoms in total. The van der Waals surface area contributed by atoms with E-state index in [2.05, 4.69) is 55.6 Å². The van der Waals surface area contributed by atoms with Crippen molar-refractivity contribution < 1.29 is 24.5 Å². The van der Waals surface area contributed by atoms with E-state index in [1.54, 1.807) is 0 Å². The number of ether oxygens (including phenoxy) is 1. The highest BCUT2D eigenvalue weighted by Gasteiger charge is 2.20. The van der Waals surface area contributed by atoms with Crippen molar-refractivity contribution in [2.45, 2.75) is 334 Å². The van der Waals surface area contributed by atoms with E-state index in [1.807, 2.05) is 0 Å². The third kappa shape index (κ3) is 53.4. The number of aliphatic hydroxyl groups is 2. The first-order valence-electron chi connectivity index (χ1n) is 30.2. The lowest BCUT2D eigenvalue weighted by Crippen LogP contribution is -2.45. The first-order valence-corrected chi connectivity index (χ1v) is 30.2. The summed E-state index contributed by atoms with van der Waals surface area (Å²) in [5.74, 6) is -0.0415. The highest BCUT2D eigenvalue weighted by atomic mass is 16.5. The minimum absolute atomic E-state index is 0.00110. The Hall–Kier alpha value is -1.92. The number of carbonyl (C=O) groups is 2. The largest absolute Gasteiger partial charge is 0.466 e. The van der Waals surface area contributed by atoms with Crippen LogP contribution in [0.4, 0.5) is 0 Å². The molecule has 2 unspecified atom stereocenters. The molecule has 0 aromatic rings. The average molecular weight is 957 g/mol. The monoisotopic (exact) mass is 956 g/mol. The number of hydrogen-bond acceptors (Lipinski definition) is 5. The molecule has 0 saturated carbocycles. The number of allylic oxidation sites excluding steroid dienone is 6. The number of amides is 1. The number of esters is 1. The van der Waals surface area contributed by atoms with Crippen LogP contribution in [-0.2, 0) is 14.3 Å². The first kappa shape index (κ1) is 66.1. The van der Waals surface area contributed by atoms with Crippen LogP contribution in [0.15, 0.2) is 36.5 Å². The summed E-state index contributed by atoms with van der Waals surface area (Å²) >= 11 is 0. The lowest BCUT2D eigenvalue weighted by Gasteiger charge is -2.22. The van der Waals surface area contributed by atoms with Crippen LogP contribution in [0.3, 0.4) is 0 Å². The molecule has 0 heterocycles. The Balaban J connectivity index is 3.39. The van der Waals surface area contributed by atoms with Gasteiger partial charge in [0.2, 0.25) is 5.91 Å². The summed E-state index contributed by atoms with van der Waals surface area (Å²) in [6, 6.07) is -0.544. The molecule has 0 aliphatic carbocycles. The second-order valence-electron chi connectivity index (χ2n) is 20.7. The molecule has 400 valence electrons. The highest BCUT2D eigenvalue weighted by Crippen LogP contribution is 2.17. The minimum atomic E-state index is -0.666. The van der Waals surface area contributed by atoms with E-state index in [0.717, 1.165) is 51.4 Å². The Morgan fingerprint density at radius 3 is 1.15 bits per heavy atom. The van der Waals surface area contributed by atoms with Crippen LogP contribution < -0.4 is 5.32 Å². The van der Waals surface area contributed by atoms with Crippen molar-refractivity contribution in [3.05, 3.63) is 36.5 Å². The Bertz CT molecular complexity index is 1100. The molecule has 0 rings (SSSR count). The number of aliphatic hydroxyl groups excluding tert-OH is 2. The SMILES string of the molecule is CCCCCC/C=C\C/C=C\CCCCCCCC(=O)OCCCCCCCCCCCCCC/C=C\CCCCCCCCCCC(=O)NC(CO)C(O)CCCCCCCCCCCCC. The fourth-order valence-electron chi connectivity index (χ4n) is 9.25. The van der Waals surface area contributed by atoms with Crippen LogP contribution in [0.25, 0.3) is 0 Å². The molecule has 0 radical (unpaired) electrons. The quantitative estimate of drug-likeness (QED) is 0.0321. The van der Waals surface area contributed by atoms with Gasteiger partial charge in [-0.3, -0.25) is 9.59 Å². The van der Waals surface area contributed by atoms with Crippen molar-refractivity contribution in [2.24, 2.45) is 0 Å². The van der Waals surface area contributed by atoms with Gasteiger partial charge in [-0.15, -0.1) is 0 Å². The van der Waals surface area contributed by atoms with Gasteiger partial charge in [-0.1, -0.05) is 262 Å². The molecule has 0 aliphatic rings. The normalized spacial score (nSPS) is 12.8. The minimum Gasteiger partial charge on any atom is -0.466 e. The van der Waals surface area contributed by atoms with Gasteiger partial charge in [0.1, 0.15) is 0 Å². The van der Waals surface area contributed by atoms with Gasteiger partial charge < -0.3 is 20.3 Å². The van der Waals surface area contributed by atoms with Gasteiger partial charge in [0.05, 0.1) is 25.4 Å². The van der Waals surface area contributed by atoms with E-state index in [9.17, 15) is 19.8 Å². The van der Waals surface area contributed by atoms with Crippen LogP contribution in [0.2, 0.25) is 0 Å². The maximum Gasteiger partial charge on any atom is 0.305 e. The molecule has 0 spiro atoms. The molecule has 2 atom stereocenters. The smallest absolute Gasteiger partial charge is 0.305 e. The third-order valence-corrected chi connectivity index (χ3v) is 13.9. The van der Waals surface area contributed by atoms with Gasteiger partial charge in [0.15, 0.2) is 0 Å². The lowest BCUT2D eigenvalue weighted by molar-refractivity contribution is -0.143. The number of hydrogen-bond donors (Lipinski definition) is 3. The lowest BCUT2D eigenvalue weighted by atomic mass is 10.0. The zero-order chi connectivity index (χ0) is 49.3. The van der Waals surface area contributed by atoms with E-state index in [0.29, 0.717) is 25.9 Å². The van der Waals surface area contributed by atoms with Gasteiger partial charge in [-0.2, -0.15) is 0 Å². The second kappa shape index (κ2) is 57.7. The summed E-state index contributed by atoms with van der Waals surface area (Å²) < 4.78 is 5.48. The summed E-state index contributed by atoms with van der Waals surface area (Å²) in [4.78, 5) is 24.5. The van der Waals surface area contributed by atoms with Gasteiger partial charge >= 0.3 is 5.97 Å². The Morgan fingerprint density at radius 2 is 0.735 bits per heavy atom. The van der Waals surface area contributed by atoms with Crippen molar-refractivity contribution in [1.82, 2.24) is 5.32 Å². The van der Waals surface area contributed by atoms with Crippen LogP contribution in [0.5, 0.6) is 0 Å². The molecule has 0 aliphatic heterocycles. The Kier molecular flexibility index (Phi) is 56.0.